The van der Waals surface area contributed by atoms with Crippen molar-refractivity contribution in [2.24, 2.45) is 5.92 Å². The minimum atomic E-state index is -4.52. The Labute approximate surface area is 163 Å². The van der Waals surface area contributed by atoms with E-state index in [-0.39, 0.29) is 42.5 Å². The van der Waals surface area contributed by atoms with Gasteiger partial charge in [0.25, 0.3) is 0 Å². The Kier molecular flexibility index (Phi) is 6.00. The fourth-order valence-electron chi connectivity index (χ4n) is 2.95. The van der Waals surface area contributed by atoms with Crippen LogP contribution in [0.3, 0.4) is 0 Å². The molecule has 1 saturated heterocycles. The number of nitrogens with zero attached hydrogens (tertiary/aromatic N) is 2. The summed E-state index contributed by atoms with van der Waals surface area (Å²) in [5.74, 6) is -2.36. The first-order valence-corrected chi connectivity index (χ1v) is 8.70. The van der Waals surface area contributed by atoms with Crippen molar-refractivity contribution in [3.63, 3.8) is 0 Å². The third-order valence-electron chi connectivity index (χ3n) is 4.31. The van der Waals surface area contributed by atoms with E-state index < -0.39 is 30.4 Å². The van der Waals surface area contributed by atoms with Crippen LogP contribution >= 0.6 is 0 Å². The molecule has 1 aromatic heterocycles. The van der Waals surface area contributed by atoms with E-state index in [4.69, 9.17) is 0 Å². The second kappa shape index (κ2) is 8.46. The van der Waals surface area contributed by atoms with Gasteiger partial charge in [0.2, 0.25) is 17.7 Å². The highest BCUT2D eigenvalue weighted by atomic mass is 19.4. The number of para-hydroxylation sites is 1. The minimum Gasteiger partial charge on any atom is -0.468 e. The molecule has 6 nitrogen and oxygen atoms in total. The van der Waals surface area contributed by atoms with Crippen molar-refractivity contribution < 1.29 is 31.9 Å². The molecule has 1 aliphatic rings. The smallest absolute Gasteiger partial charge is 0.422 e. The number of aromatic nitrogens is 1. The molecule has 1 fully saturated rings. The lowest BCUT2D eigenvalue weighted by atomic mass is 10.1. The largest absolute Gasteiger partial charge is 0.468 e. The van der Waals surface area contributed by atoms with Crippen LogP contribution in [0.5, 0.6) is 5.88 Å². The number of carbonyl (C=O) groups excluding carboxylic acids is 2. The molecule has 0 radical (unpaired) electrons. The van der Waals surface area contributed by atoms with Gasteiger partial charge >= 0.3 is 6.18 Å². The molecule has 0 spiro atoms. The molecule has 2 heterocycles. The van der Waals surface area contributed by atoms with Gasteiger partial charge in [-0.2, -0.15) is 13.2 Å². The van der Waals surface area contributed by atoms with Crippen molar-refractivity contribution in [1.29, 1.82) is 0 Å². The standard InChI is InChI=1S/C19H17F4N3O3/c20-14-5-1-2-6-15(14)26-10-13(8-16(26)27)17(28)25-9-12-4-3-7-24-18(12)29-11-19(21,22)23/h1-7,13H,8-11H2,(H,25,28). The van der Waals surface area contributed by atoms with E-state index in [1.165, 1.54) is 41.4 Å². The zero-order valence-electron chi connectivity index (χ0n) is 15.1. The molecule has 1 N–H and O–H groups in total. The second-order valence-electron chi connectivity index (χ2n) is 6.45. The Morgan fingerprint density at radius 2 is 2.00 bits per heavy atom. The summed E-state index contributed by atoms with van der Waals surface area (Å²) in [5.41, 5.74) is 0.364. The molecule has 0 saturated carbocycles. The van der Waals surface area contributed by atoms with Crippen molar-refractivity contribution >= 4 is 17.5 Å². The van der Waals surface area contributed by atoms with Crippen molar-refractivity contribution in [2.75, 3.05) is 18.1 Å². The number of amides is 2. The molecule has 0 aliphatic carbocycles. The summed E-state index contributed by atoms with van der Waals surface area (Å²) < 4.78 is 55.6. The first kappa shape index (κ1) is 20.6. The number of halogens is 4. The zero-order chi connectivity index (χ0) is 21.0. The van der Waals surface area contributed by atoms with Crippen molar-refractivity contribution in [3.8, 4) is 5.88 Å². The van der Waals surface area contributed by atoms with Crippen molar-refractivity contribution in [1.82, 2.24) is 10.3 Å². The first-order chi connectivity index (χ1) is 13.7. The maximum Gasteiger partial charge on any atom is 0.422 e. The number of pyridine rings is 1. The highest BCUT2D eigenvalue weighted by molar-refractivity contribution is 6.00. The average Bonchev–Trinajstić information content (AvgIpc) is 3.06. The average molecular weight is 411 g/mol. The van der Waals surface area contributed by atoms with Crippen LogP contribution in [-0.2, 0) is 16.1 Å². The fraction of sp³-hybridized carbons (Fsp3) is 0.316. The Balaban J connectivity index is 1.61. The second-order valence-corrected chi connectivity index (χ2v) is 6.45. The van der Waals surface area contributed by atoms with Crippen LogP contribution in [-0.4, -0.2) is 36.1 Å². The molecular weight excluding hydrogens is 394 g/mol. The molecule has 1 unspecified atom stereocenters. The predicted molar refractivity (Wildman–Crippen MR) is 94.5 cm³/mol. The normalized spacial score (nSPS) is 16.8. The molecule has 1 atom stereocenters. The Hall–Kier alpha value is -3.17. The van der Waals surface area contributed by atoms with Gasteiger partial charge in [0.05, 0.1) is 11.6 Å². The highest BCUT2D eigenvalue weighted by Gasteiger charge is 2.36. The number of benzene rings is 1. The summed E-state index contributed by atoms with van der Waals surface area (Å²) >= 11 is 0. The summed E-state index contributed by atoms with van der Waals surface area (Å²) in [5, 5.41) is 2.57. The molecular formula is C19H17F4N3O3. The number of alkyl halides is 3. The Bertz CT molecular complexity index is 904. The molecule has 10 heteroatoms. The van der Waals surface area contributed by atoms with Crippen LogP contribution in [0.1, 0.15) is 12.0 Å². The minimum absolute atomic E-state index is 0.00999. The first-order valence-electron chi connectivity index (χ1n) is 8.70. The Morgan fingerprint density at radius 1 is 1.24 bits per heavy atom. The van der Waals surface area contributed by atoms with Crippen LogP contribution in [0.15, 0.2) is 42.6 Å². The van der Waals surface area contributed by atoms with Crippen LogP contribution in [0.2, 0.25) is 0 Å². The molecule has 2 aromatic rings. The predicted octanol–water partition coefficient (Wildman–Crippen LogP) is 2.83. The topological polar surface area (TPSA) is 71.5 Å². The summed E-state index contributed by atoms with van der Waals surface area (Å²) in [6, 6.07) is 8.74. The Morgan fingerprint density at radius 3 is 2.72 bits per heavy atom. The van der Waals surface area contributed by atoms with Crippen molar-refractivity contribution in [2.45, 2.75) is 19.1 Å². The van der Waals surface area contributed by atoms with Gasteiger partial charge in [-0.15, -0.1) is 0 Å². The van der Waals surface area contributed by atoms with E-state index in [0.29, 0.717) is 0 Å². The molecule has 3 rings (SSSR count). The lowest BCUT2D eigenvalue weighted by molar-refractivity contribution is -0.154. The summed E-state index contributed by atoms with van der Waals surface area (Å²) in [6.07, 6.45) is -3.33. The van der Waals surface area contributed by atoms with E-state index in [1.807, 2.05) is 0 Å². The SMILES string of the molecule is O=C(NCc1cccnc1OCC(F)(F)F)C1CC(=O)N(c2ccccc2F)C1. The van der Waals surface area contributed by atoms with Crippen LogP contribution < -0.4 is 15.0 Å². The molecule has 2 amide bonds. The summed E-state index contributed by atoms with van der Waals surface area (Å²) in [7, 11) is 0. The van der Waals surface area contributed by atoms with Gasteiger partial charge in [0.15, 0.2) is 6.61 Å². The number of carbonyl (C=O) groups is 2. The molecule has 29 heavy (non-hydrogen) atoms. The van der Waals surface area contributed by atoms with Gasteiger partial charge in [0.1, 0.15) is 5.82 Å². The van der Waals surface area contributed by atoms with Gasteiger partial charge in [-0.1, -0.05) is 18.2 Å². The summed E-state index contributed by atoms with van der Waals surface area (Å²) in [4.78, 5) is 29.6. The van der Waals surface area contributed by atoms with Gasteiger partial charge in [-0.25, -0.2) is 9.37 Å². The molecule has 1 aliphatic heterocycles. The quantitative estimate of drug-likeness (QED) is 0.743. The third-order valence-corrected chi connectivity index (χ3v) is 4.31. The van der Waals surface area contributed by atoms with Crippen LogP contribution in [0.25, 0.3) is 0 Å². The number of anilines is 1. The van der Waals surface area contributed by atoms with Gasteiger partial charge in [0, 0.05) is 31.3 Å². The number of hydrogen-bond donors (Lipinski definition) is 1. The van der Waals surface area contributed by atoms with E-state index >= 15 is 0 Å². The lowest BCUT2D eigenvalue weighted by Crippen LogP contribution is -2.33. The van der Waals surface area contributed by atoms with Crippen LogP contribution in [0, 0.1) is 11.7 Å². The fourth-order valence-corrected chi connectivity index (χ4v) is 2.95. The monoisotopic (exact) mass is 411 g/mol. The van der Waals surface area contributed by atoms with E-state index in [2.05, 4.69) is 15.0 Å². The number of ether oxygens (including phenoxy) is 1. The molecule has 0 bridgehead atoms. The molecule has 154 valence electrons. The third kappa shape index (κ3) is 5.21. The van der Waals surface area contributed by atoms with E-state index in [9.17, 15) is 27.2 Å². The van der Waals surface area contributed by atoms with Gasteiger partial charge < -0.3 is 15.0 Å². The number of rotatable bonds is 6. The van der Waals surface area contributed by atoms with E-state index in [0.717, 1.165) is 0 Å². The lowest BCUT2D eigenvalue weighted by Gasteiger charge is -2.17. The number of hydrogen-bond acceptors (Lipinski definition) is 4. The van der Waals surface area contributed by atoms with E-state index in [1.54, 1.807) is 6.07 Å². The zero-order valence-corrected chi connectivity index (χ0v) is 15.1. The maximum absolute atomic E-state index is 13.9. The highest BCUT2D eigenvalue weighted by Crippen LogP contribution is 2.27. The van der Waals surface area contributed by atoms with Crippen LogP contribution in [0.4, 0.5) is 23.2 Å². The number of nitrogens with one attached hydrogen (secondary N) is 1. The van der Waals surface area contributed by atoms with Gasteiger partial charge in [-0.05, 0) is 18.2 Å². The summed E-state index contributed by atoms with van der Waals surface area (Å²) in [6.45, 7) is -1.61. The molecule has 1 aromatic carbocycles. The van der Waals surface area contributed by atoms with Gasteiger partial charge in [-0.3, -0.25) is 9.59 Å². The van der Waals surface area contributed by atoms with Crippen molar-refractivity contribution in [3.05, 3.63) is 54.0 Å². The maximum atomic E-state index is 13.9.